The molecule has 0 aromatic heterocycles. The number of halogens is 1. The molecule has 0 amide bonds. The van der Waals surface area contributed by atoms with E-state index >= 15 is 0 Å². The topological polar surface area (TPSA) is 9.23 Å². The standard InChI is InChI=1S/C24H27FO/c1-2-7-17-14-15-23(26-19-10-3-4-11-19)21(16-17)20-12-6-13-22(25)24(20)18-8-5-9-18/h2,6,12-16,18-19H,1,3-5,7-11H2. The smallest absolute Gasteiger partial charge is 0.127 e. The van der Waals surface area contributed by atoms with Gasteiger partial charge in [0.15, 0.2) is 0 Å². The molecule has 1 nitrogen and oxygen atoms in total. The molecule has 4 rings (SSSR count). The molecule has 2 aromatic rings. The molecule has 136 valence electrons. The second-order valence-electron chi connectivity index (χ2n) is 7.68. The van der Waals surface area contributed by atoms with Crippen LogP contribution in [0.25, 0.3) is 11.1 Å². The van der Waals surface area contributed by atoms with Crippen LogP contribution in [0.4, 0.5) is 4.39 Å². The van der Waals surface area contributed by atoms with E-state index in [1.165, 1.54) is 24.8 Å². The minimum absolute atomic E-state index is 0.0758. The summed E-state index contributed by atoms with van der Waals surface area (Å²) < 4.78 is 21.1. The van der Waals surface area contributed by atoms with Gasteiger partial charge in [0, 0.05) is 5.56 Å². The van der Waals surface area contributed by atoms with Crippen LogP contribution in [0, 0.1) is 5.82 Å². The van der Waals surface area contributed by atoms with Crippen LogP contribution < -0.4 is 4.74 Å². The van der Waals surface area contributed by atoms with Gasteiger partial charge in [0.2, 0.25) is 0 Å². The maximum atomic E-state index is 14.7. The van der Waals surface area contributed by atoms with Gasteiger partial charge in [-0.25, -0.2) is 4.39 Å². The highest BCUT2D eigenvalue weighted by molar-refractivity contribution is 5.75. The van der Waals surface area contributed by atoms with Crippen LogP contribution in [0.1, 0.15) is 62.0 Å². The number of rotatable bonds is 6. The quantitative estimate of drug-likeness (QED) is 0.520. The third-order valence-electron chi connectivity index (χ3n) is 5.88. The maximum absolute atomic E-state index is 14.7. The van der Waals surface area contributed by atoms with E-state index in [2.05, 4.69) is 30.8 Å². The summed E-state index contributed by atoms with van der Waals surface area (Å²) in [6.45, 7) is 3.86. The van der Waals surface area contributed by atoms with Crippen molar-refractivity contribution in [2.24, 2.45) is 0 Å². The molecule has 0 N–H and O–H groups in total. The third-order valence-corrected chi connectivity index (χ3v) is 5.88. The lowest BCUT2D eigenvalue weighted by Gasteiger charge is -2.29. The predicted octanol–water partition coefficient (Wildman–Crippen LogP) is 6.81. The summed E-state index contributed by atoms with van der Waals surface area (Å²) in [7, 11) is 0. The Bertz CT molecular complexity index is 785. The monoisotopic (exact) mass is 350 g/mol. The van der Waals surface area contributed by atoms with Crippen LogP contribution in [0.5, 0.6) is 5.75 Å². The molecular weight excluding hydrogens is 323 g/mol. The van der Waals surface area contributed by atoms with E-state index in [-0.39, 0.29) is 5.82 Å². The van der Waals surface area contributed by atoms with Gasteiger partial charge in [-0.15, -0.1) is 6.58 Å². The van der Waals surface area contributed by atoms with Crippen molar-refractivity contribution in [3.8, 4) is 16.9 Å². The predicted molar refractivity (Wildman–Crippen MR) is 105 cm³/mol. The summed E-state index contributed by atoms with van der Waals surface area (Å²) in [5.74, 6) is 1.16. The Kier molecular flexibility index (Phi) is 5.10. The fourth-order valence-corrected chi connectivity index (χ4v) is 4.25. The highest BCUT2D eigenvalue weighted by Gasteiger charge is 2.27. The molecule has 0 unspecified atom stereocenters. The number of benzene rings is 2. The Morgan fingerprint density at radius 1 is 1.00 bits per heavy atom. The Morgan fingerprint density at radius 3 is 2.50 bits per heavy atom. The van der Waals surface area contributed by atoms with Crippen molar-refractivity contribution in [1.29, 1.82) is 0 Å². The summed E-state index contributed by atoms with van der Waals surface area (Å²) in [4.78, 5) is 0. The molecule has 0 bridgehead atoms. The SMILES string of the molecule is C=CCc1ccc(OC2CCCC2)c(-c2cccc(F)c2C2CCC2)c1. The Labute approximate surface area is 155 Å². The van der Waals surface area contributed by atoms with Crippen molar-refractivity contribution in [3.05, 3.63) is 66.0 Å². The summed E-state index contributed by atoms with van der Waals surface area (Å²) in [5, 5.41) is 0. The molecule has 26 heavy (non-hydrogen) atoms. The first kappa shape index (κ1) is 17.3. The van der Waals surface area contributed by atoms with Gasteiger partial charge in [0.1, 0.15) is 11.6 Å². The summed E-state index contributed by atoms with van der Waals surface area (Å²) >= 11 is 0. The zero-order valence-corrected chi connectivity index (χ0v) is 15.3. The lowest BCUT2D eigenvalue weighted by molar-refractivity contribution is 0.211. The number of hydrogen-bond donors (Lipinski definition) is 0. The van der Waals surface area contributed by atoms with Gasteiger partial charge in [-0.05, 0) is 85.8 Å². The van der Waals surface area contributed by atoms with Crippen LogP contribution in [-0.2, 0) is 6.42 Å². The maximum Gasteiger partial charge on any atom is 0.127 e. The van der Waals surface area contributed by atoms with Crippen LogP contribution in [0.15, 0.2) is 49.1 Å². The van der Waals surface area contributed by atoms with E-state index in [0.717, 1.165) is 54.5 Å². The minimum Gasteiger partial charge on any atom is -0.490 e. The molecule has 0 heterocycles. The van der Waals surface area contributed by atoms with Crippen molar-refractivity contribution in [1.82, 2.24) is 0 Å². The lowest BCUT2D eigenvalue weighted by atomic mass is 9.76. The van der Waals surface area contributed by atoms with Gasteiger partial charge >= 0.3 is 0 Å². The average molecular weight is 350 g/mol. The second-order valence-corrected chi connectivity index (χ2v) is 7.68. The van der Waals surface area contributed by atoms with Crippen molar-refractivity contribution < 1.29 is 9.13 Å². The van der Waals surface area contributed by atoms with Crippen molar-refractivity contribution in [3.63, 3.8) is 0 Å². The normalized spacial score (nSPS) is 17.9. The molecule has 0 radical (unpaired) electrons. The van der Waals surface area contributed by atoms with Crippen LogP contribution in [0.3, 0.4) is 0 Å². The van der Waals surface area contributed by atoms with Crippen molar-refractivity contribution in [2.45, 2.75) is 63.4 Å². The molecule has 0 aliphatic heterocycles. The molecule has 2 aliphatic rings. The summed E-state index contributed by atoms with van der Waals surface area (Å²) in [6.07, 6.45) is 11.1. The first-order valence-electron chi connectivity index (χ1n) is 9.95. The molecule has 2 heteroatoms. The Balaban J connectivity index is 1.79. The molecular formula is C24H27FO. The molecule has 2 aliphatic carbocycles. The molecule has 2 saturated carbocycles. The summed E-state index contributed by atoms with van der Waals surface area (Å²) in [5.41, 5.74) is 4.12. The third kappa shape index (κ3) is 3.42. The molecule has 2 fully saturated rings. The zero-order chi connectivity index (χ0) is 17.9. The molecule has 0 spiro atoms. The second kappa shape index (κ2) is 7.65. The van der Waals surface area contributed by atoms with Crippen LogP contribution in [0.2, 0.25) is 0 Å². The Hall–Kier alpha value is -2.09. The summed E-state index contributed by atoms with van der Waals surface area (Å²) in [6, 6.07) is 11.8. The van der Waals surface area contributed by atoms with Crippen molar-refractivity contribution >= 4 is 0 Å². The highest BCUT2D eigenvalue weighted by atomic mass is 19.1. The van der Waals surface area contributed by atoms with E-state index in [1.807, 2.05) is 12.1 Å². The average Bonchev–Trinajstić information content (AvgIpc) is 3.10. The van der Waals surface area contributed by atoms with Crippen LogP contribution >= 0.6 is 0 Å². The first-order valence-corrected chi connectivity index (χ1v) is 9.95. The van der Waals surface area contributed by atoms with E-state index in [4.69, 9.17) is 4.74 Å². The highest BCUT2D eigenvalue weighted by Crippen LogP contribution is 2.45. The molecule has 0 saturated heterocycles. The largest absolute Gasteiger partial charge is 0.490 e. The minimum atomic E-state index is -0.0758. The fraction of sp³-hybridized carbons (Fsp3) is 0.417. The first-order chi connectivity index (χ1) is 12.8. The van der Waals surface area contributed by atoms with Gasteiger partial charge < -0.3 is 4.74 Å². The van der Waals surface area contributed by atoms with Gasteiger partial charge in [-0.3, -0.25) is 0 Å². The lowest BCUT2D eigenvalue weighted by Crippen LogP contribution is -2.14. The number of allylic oxidation sites excluding steroid dienone is 1. The van der Waals surface area contributed by atoms with Gasteiger partial charge in [-0.1, -0.05) is 30.7 Å². The van der Waals surface area contributed by atoms with E-state index in [1.54, 1.807) is 6.07 Å². The fourth-order valence-electron chi connectivity index (χ4n) is 4.25. The molecule has 0 atom stereocenters. The van der Waals surface area contributed by atoms with E-state index in [0.29, 0.717) is 12.0 Å². The van der Waals surface area contributed by atoms with Gasteiger partial charge in [-0.2, -0.15) is 0 Å². The van der Waals surface area contributed by atoms with E-state index in [9.17, 15) is 4.39 Å². The Morgan fingerprint density at radius 2 is 1.81 bits per heavy atom. The zero-order valence-electron chi connectivity index (χ0n) is 15.3. The molecule has 2 aromatic carbocycles. The van der Waals surface area contributed by atoms with Crippen LogP contribution in [-0.4, -0.2) is 6.10 Å². The van der Waals surface area contributed by atoms with E-state index < -0.39 is 0 Å². The number of hydrogen-bond acceptors (Lipinski definition) is 1. The number of ether oxygens (including phenoxy) is 1. The van der Waals surface area contributed by atoms with Gasteiger partial charge in [0.25, 0.3) is 0 Å². The van der Waals surface area contributed by atoms with Crippen molar-refractivity contribution in [2.75, 3.05) is 0 Å². The van der Waals surface area contributed by atoms with Gasteiger partial charge in [0.05, 0.1) is 6.10 Å².